The summed E-state index contributed by atoms with van der Waals surface area (Å²) in [5.41, 5.74) is 0. The van der Waals surface area contributed by atoms with E-state index in [-0.39, 0.29) is 12.2 Å². The first kappa shape index (κ1) is 10.5. The lowest BCUT2D eigenvalue weighted by Gasteiger charge is -2.22. The molecule has 4 nitrogen and oxygen atoms in total. The van der Waals surface area contributed by atoms with Crippen LogP contribution in [0, 0.1) is 0 Å². The Morgan fingerprint density at radius 3 is 2.77 bits per heavy atom. The minimum absolute atomic E-state index is 0.0795. The molecule has 1 heterocycles. The van der Waals surface area contributed by atoms with Gasteiger partial charge in [0, 0.05) is 13.5 Å². The maximum Gasteiger partial charge on any atom is 0.219 e. The largest absolute Gasteiger partial charge is 0.359 e. The molecule has 1 fully saturated rings. The van der Waals surface area contributed by atoms with Crippen molar-refractivity contribution < 1.29 is 14.3 Å². The molecule has 0 radical (unpaired) electrons. The first-order chi connectivity index (χ1) is 6.33. The van der Waals surface area contributed by atoms with E-state index in [1.54, 1.807) is 7.05 Å². The molecule has 76 valence electrons. The van der Waals surface area contributed by atoms with Crippen molar-refractivity contribution in [2.75, 3.05) is 20.3 Å². The van der Waals surface area contributed by atoms with Gasteiger partial charge >= 0.3 is 0 Å². The Bertz CT molecular complexity index is 155. The minimum Gasteiger partial charge on any atom is -0.359 e. The molecule has 0 aromatic carbocycles. The summed E-state index contributed by atoms with van der Waals surface area (Å²) >= 11 is 0. The summed E-state index contributed by atoms with van der Waals surface area (Å²) in [7, 11) is 1.65. The number of nitrogens with one attached hydrogen (secondary N) is 1. The first-order valence-electron chi connectivity index (χ1n) is 4.76. The molecular weight excluding hydrogens is 170 g/mol. The fourth-order valence-electron chi connectivity index (χ4n) is 1.26. The van der Waals surface area contributed by atoms with Gasteiger partial charge < -0.3 is 14.8 Å². The average molecular weight is 187 g/mol. The van der Waals surface area contributed by atoms with Crippen molar-refractivity contribution in [1.82, 2.24) is 5.32 Å². The summed E-state index contributed by atoms with van der Waals surface area (Å²) in [4.78, 5) is 10.9. The molecule has 1 amide bonds. The molecule has 0 aromatic heterocycles. The molecule has 1 saturated heterocycles. The molecule has 0 unspecified atom stereocenters. The molecule has 0 spiro atoms. The quantitative estimate of drug-likeness (QED) is 0.703. The number of ether oxygens (including phenoxy) is 2. The molecule has 1 N–H and O–H groups in total. The van der Waals surface area contributed by atoms with Crippen LogP contribution in [0.5, 0.6) is 0 Å². The van der Waals surface area contributed by atoms with Gasteiger partial charge in [-0.15, -0.1) is 0 Å². The molecule has 1 aliphatic heterocycles. The van der Waals surface area contributed by atoms with E-state index in [0.717, 1.165) is 32.5 Å². The summed E-state index contributed by atoms with van der Waals surface area (Å²) in [6.45, 7) is 1.56. The maximum absolute atomic E-state index is 10.9. The smallest absolute Gasteiger partial charge is 0.219 e. The SMILES string of the molecule is CNC(=O)CCCC1OCCCO1. The Kier molecular flexibility index (Phi) is 4.78. The molecule has 0 atom stereocenters. The van der Waals surface area contributed by atoms with Gasteiger partial charge in [0.1, 0.15) is 0 Å². The fourth-order valence-corrected chi connectivity index (χ4v) is 1.26. The van der Waals surface area contributed by atoms with Gasteiger partial charge in [0.2, 0.25) is 5.91 Å². The van der Waals surface area contributed by atoms with Crippen molar-refractivity contribution in [3.63, 3.8) is 0 Å². The van der Waals surface area contributed by atoms with Gasteiger partial charge in [-0.25, -0.2) is 0 Å². The Hall–Kier alpha value is -0.610. The lowest BCUT2D eigenvalue weighted by Crippen LogP contribution is -2.25. The third kappa shape index (κ3) is 4.24. The van der Waals surface area contributed by atoms with Crippen molar-refractivity contribution in [2.45, 2.75) is 32.0 Å². The van der Waals surface area contributed by atoms with Crippen molar-refractivity contribution in [1.29, 1.82) is 0 Å². The molecular formula is C9H17NO3. The van der Waals surface area contributed by atoms with E-state index in [4.69, 9.17) is 9.47 Å². The van der Waals surface area contributed by atoms with Crippen LogP contribution in [0.1, 0.15) is 25.7 Å². The summed E-state index contributed by atoms with van der Waals surface area (Å²) in [6, 6.07) is 0. The molecule has 0 aliphatic carbocycles. The number of hydrogen-bond acceptors (Lipinski definition) is 3. The second kappa shape index (κ2) is 5.94. The van der Waals surface area contributed by atoms with E-state index in [2.05, 4.69) is 5.32 Å². The number of hydrogen-bond donors (Lipinski definition) is 1. The number of carbonyl (C=O) groups excluding carboxylic acids is 1. The van der Waals surface area contributed by atoms with Crippen molar-refractivity contribution >= 4 is 5.91 Å². The van der Waals surface area contributed by atoms with Gasteiger partial charge in [-0.3, -0.25) is 4.79 Å². The van der Waals surface area contributed by atoms with E-state index in [1.807, 2.05) is 0 Å². The summed E-state index contributed by atoms with van der Waals surface area (Å²) < 4.78 is 10.7. The van der Waals surface area contributed by atoms with Crippen LogP contribution in [-0.2, 0) is 14.3 Å². The van der Waals surface area contributed by atoms with Crippen molar-refractivity contribution in [3.8, 4) is 0 Å². The maximum atomic E-state index is 10.9. The van der Waals surface area contributed by atoms with Gasteiger partial charge in [0.05, 0.1) is 13.2 Å². The van der Waals surface area contributed by atoms with Crippen LogP contribution < -0.4 is 5.32 Å². The Morgan fingerprint density at radius 2 is 2.15 bits per heavy atom. The second-order valence-electron chi connectivity index (χ2n) is 3.09. The zero-order valence-corrected chi connectivity index (χ0v) is 8.04. The van der Waals surface area contributed by atoms with Gasteiger partial charge in [0.25, 0.3) is 0 Å². The zero-order valence-electron chi connectivity index (χ0n) is 8.04. The van der Waals surface area contributed by atoms with Gasteiger partial charge in [0.15, 0.2) is 6.29 Å². The molecule has 13 heavy (non-hydrogen) atoms. The van der Waals surface area contributed by atoms with Crippen LogP contribution in [0.4, 0.5) is 0 Å². The summed E-state index contributed by atoms with van der Waals surface area (Å²) in [5, 5.41) is 2.58. The third-order valence-corrected chi connectivity index (χ3v) is 2.02. The van der Waals surface area contributed by atoms with Crippen LogP contribution in [0.15, 0.2) is 0 Å². The van der Waals surface area contributed by atoms with Crippen molar-refractivity contribution in [3.05, 3.63) is 0 Å². The van der Waals surface area contributed by atoms with Gasteiger partial charge in [-0.05, 0) is 19.3 Å². The van der Waals surface area contributed by atoms with Crippen LogP contribution in [-0.4, -0.2) is 32.5 Å². The van der Waals surface area contributed by atoms with E-state index >= 15 is 0 Å². The monoisotopic (exact) mass is 187 g/mol. The molecule has 4 heteroatoms. The highest BCUT2D eigenvalue weighted by Crippen LogP contribution is 2.11. The topological polar surface area (TPSA) is 47.6 Å². The van der Waals surface area contributed by atoms with E-state index in [0.29, 0.717) is 6.42 Å². The molecule has 0 saturated carbocycles. The van der Waals surface area contributed by atoms with Crippen molar-refractivity contribution in [2.24, 2.45) is 0 Å². The predicted octanol–water partition coefficient (Wildman–Crippen LogP) is 0.666. The summed E-state index contributed by atoms with van der Waals surface area (Å²) in [5.74, 6) is 0.0795. The van der Waals surface area contributed by atoms with Crippen LogP contribution in [0.25, 0.3) is 0 Å². The highest BCUT2D eigenvalue weighted by Gasteiger charge is 2.13. The van der Waals surface area contributed by atoms with Gasteiger partial charge in [-0.1, -0.05) is 0 Å². The standard InChI is InChI=1S/C9H17NO3/c1-10-8(11)4-2-5-9-12-6-3-7-13-9/h9H,2-7H2,1H3,(H,10,11). The number of carbonyl (C=O) groups is 1. The Morgan fingerprint density at radius 1 is 1.46 bits per heavy atom. The third-order valence-electron chi connectivity index (χ3n) is 2.02. The van der Waals surface area contributed by atoms with Gasteiger partial charge in [-0.2, -0.15) is 0 Å². The van der Waals surface area contributed by atoms with E-state index < -0.39 is 0 Å². The zero-order chi connectivity index (χ0) is 9.52. The molecule has 0 aromatic rings. The normalized spacial score (nSPS) is 18.5. The highest BCUT2D eigenvalue weighted by atomic mass is 16.7. The Labute approximate surface area is 78.6 Å². The van der Waals surface area contributed by atoms with Crippen LogP contribution in [0.2, 0.25) is 0 Å². The Balaban J connectivity index is 2.01. The molecule has 0 bridgehead atoms. The van der Waals surface area contributed by atoms with E-state index in [9.17, 15) is 4.79 Å². The molecule has 1 rings (SSSR count). The second-order valence-corrected chi connectivity index (χ2v) is 3.09. The van der Waals surface area contributed by atoms with E-state index in [1.165, 1.54) is 0 Å². The fraction of sp³-hybridized carbons (Fsp3) is 0.889. The first-order valence-corrected chi connectivity index (χ1v) is 4.76. The number of amides is 1. The predicted molar refractivity (Wildman–Crippen MR) is 48.2 cm³/mol. The lowest BCUT2D eigenvalue weighted by atomic mass is 10.2. The van der Waals surface area contributed by atoms with Crippen LogP contribution >= 0.6 is 0 Å². The summed E-state index contributed by atoms with van der Waals surface area (Å²) in [6.07, 6.45) is 3.09. The lowest BCUT2D eigenvalue weighted by molar-refractivity contribution is -0.181. The minimum atomic E-state index is -0.0848. The number of rotatable bonds is 4. The molecule has 1 aliphatic rings. The highest BCUT2D eigenvalue weighted by molar-refractivity contribution is 5.75. The average Bonchev–Trinajstić information content (AvgIpc) is 2.19. The van der Waals surface area contributed by atoms with Crippen LogP contribution in [0.3, 0.4) is 0 Å².